The summed E-state index contributed by atoms with van der Waals surface area (Å²) in [6.45, 7) is 6.82. The maximum Gasteiger partial charge on any atom is 0.397 e. The van der Waals surface area contributed by atoms with Gasteiger partial charge in [-0.05, 0) is 38.0 Å². The average molecular weight is 596 g/mol. The number of aliphatic hydroxyl groups is 1. The molecule has 3 N–H and O–H groups in total. The van der Waals surface area contributed by atoms with Gasteiger partial charge in [0.15, 0.2) is 6.10 Å². The van der Waals surface area contributed by atoms with Crippen molar-refractivity contribution < 1.29 is 50.8 Å². The highest BCUT2D eigenvalue weighted by Gasteiger charge is 2.69. The van der Waals surface area contributed by atoms with Crippen molar-refractivity contribution in [3.8, 4) is 0 Å². The summed E-state index contributed by atoms with van der Waals surface area (Å²) in [7, 11) is -3.45. The number of H-pyrrole nitrogens is 1. The molecule has 1 aromatic rings. The maximum atomic E-state index is 13.3. The van der Waals surface area contributed by atoms with Crippen molar-refractivity contribution in [2.45, 2.75) is 76.3 Å². The maximum absolute atomic E-state index is 13.3. The molecule has 1 spiro atoms. The van der Waals surface area contributed by atoms with Gasteiger partial charge in [0.05, 0.1) is 6.10 Å². The predicted octanol–water partition coefficient (Wildman–Crippen LogP) is 2.23. The zero-order chi connectivity index (χ0) is 29.9. The van der Waals surface area contributed by atoms with Gasteiger partial charge in [0.2, 0.25) is 0 Å². The van der Waals surface area contributed by atoms with Gasteiger partial charge < -0.3 is 29.0 Å². The highest BCUT2D eigenvalue weighted by Crippen LogP contribution is 2.61. The topological polar surface area (TPSA) is 171 Å². The number of hydrogen-bond acceptors (Lipinski definition) is 10. The molecule has 0 radical (unpaired) electrons. The quantitative estimate of drug-likeness (QED) is 0.250. The standard InChI is InChI=1S/C28H37NO11S/c1-13-11-14(2)28-17(12-20(36-5)27(32)37-23(13)16(4)40-41(33,34)35)8-9-18-21(28)22(30)15(3)24(25(18)39-28)38-26(31)19-7-6-10-29-19/h6-11,13,15-18,20-25,29-30H,12H2,1-5H3,(H,33,34,35)/b14-11+/t13-,15-,16-,17-,18?,20+,21?,22-,23+,24-,25-,28+/m1/s1. The second-order valence-electron chi connectivity index (χ2n) is 11.6. The molecule has 1 saturated carbocycles. The number of carbonyl (C=O) groups is 2. The number of ether oxygens (including phenoxy) is 4. The van der Waals surface area contributed by atoms with E-state index in [1.165, 1.54) is 14.0 Å². The van der Waals surface area contributed by atoms with Crippen LogP contribution in [-0.2, 0) is 38.3 Å². The third kappa shape index (κ3) is 5.17. The lowest BCUT2D eigenvalue weighted by atomic mass is 9.57. The van der Waals surface area contributed by atoms with E-state index in [9.17, 15) is 27.7 Å². The molecule has 13 heteroatoms. The van der Waals surface area contributed by atoms with Crippen molar-refractivity contribution in [1.82, 2.24) is 4.98 Å². The van der Waals surface area contributed by atoms with E-state index in [4.69, 9.17) is 23.1 Å². The van der Waals surface area contributed by atoms with E-state index in [0.29, 0.717) is 5.69 Å². The fraction of sp³-hybridized carbons (Fsp3) is 0.643. The molecule has 1 saturated heterocycles. The first kappa shape index (κ1) is 29.9. The first-order valence-corrected chi connectivity index (χ1v) is 15.1. The van der Waals surface area contributed by atoms with E-state index in [1.807, 2.05) is 32.1 Å². The van der Waals surface area contributed by atoms with Crippen LogP contribution in [0.1, 0.15) is 44.6 Å². The lowest BCUT2D eigenvalue weighted by molar-refractivity contribution is -0.171. The van der Waals surface area contributed by atoms with Crippen molar-refractivity contribution >= 4 is 22.3 Å². The number of aromatic nitrogens is 1. The van der Waals surface area contributed by atoms with Crippen molar-refractivity contribution in [3.63, 3.8) is 0 Å². The number of cyclic esters (lactones) is 1. The smallest absolute Gasteiger partial charge is 0.397 e. The van der Waals surface area contributed by atoms with E-state index >= 15 is 0 Å². The lowest BCUT2D eigenvalue weighted by Gasteiger charge is -2.48. The van der Waals surface area contributed by atoms with Crippen LogP contribution in [0.2, 0.25) is 0 Å². The number of methoxy groups -OCH3 is 1. The van der Waals surface area contributed by atoms with Crippen LogP contribution < -0.4 is 0 Å². The Morgan fingerprint density at radius 3 is 2.63 bits per heavy atom. The Kier molecular flexibility index (Phi) is 7.98. The van der Waals surface area contributed by atoms with E-state index in [-0.39, 0.29) is 12.3 Å². The summed E-state index contributed by atoms with van der Waals surface area (Å²) in [4.78, 5) is 29.0. The average Bonchev–Trinajstić information content (AvgIpc) is 3.50. The van der Waals surface area contributed by atoms with Crippen LogP contribution in [0.5, 0.6) is 0 Å². The largest absolute Gasteiger partial charge is 0.457 e. The van der Waals surface area contributed by atoms with Crippen LogP contribution in [0.15, 0.2) is 42.1 Å². The van der Waals surface area contributed by atoms with Crippen molar-refractivity contribution in [2.24, 2.45) is 29.6 Å². The molecular weight excluding hydrogens is 558 g/mol. The van der Waals surface area contributed by atoms with Gasteiger partial charge in [-0.3, -0.25) is 4.55 Å². The van der Waals surface area contributed by atoms with Crippen LogP contribution in [0.3, 0.4) is 0 Å². The number of nitrogens with one attached hydrogen (secondary N) is 1. The van der Waals surface area contributed by atoms with Crippen LogP contribution in [0, 0.1) is 29.6 Å². The number of hydrogen-bond donors (Lipinski definition) is 3. The Morgan fingerprint density at radius 1 is 1.27 bits per heavy atom. The molecule has 2 aliphatic heterocycles. The van der Waals surface area contributed by atoms with E-state index in [1.54, 1.807) is 25.3 Å². The Labute approximate surface area is 239 Å². The Bertz CT molecular complexity index is 1320. The van der Waals surface area contributed by atoms with Crippen LogP contribution in [-0.4, -0.2) is 84.3 Å². The second kappa shape index (κ2) is 10.9. The molecule has 0 amide bonds. The van der Waals surface area contributed by atoms with Crippen molar-refractivity contribution in [3.05, 3.63) is 47.8 Å². The van der Waals surface area contributed by atoms with E-state index in [2.05, 4.69) is 4.98 Å². The van der Waals surface area contributed by atoms with Crippen molar-refractivity contribution in [1.29, 1.82) is 0 Å². The van der Waals surface area contributed by atoms with Gasteiger partial charge in [-0.25, -0.2) is 13.8 Å². The third-order valence-corrected chi connectivity index (χ3v) is 9.74. The van der Waals surface area contributed by atoms with Gasteiger partial charge in [-0.15, -0.1) is 0 Å². The first-order chi connectivity index (χ1) is 19.3. The summed E-state index contributed by atoms with van der Waals surface area (Å²) >= 11 is 0. The number of aromatic amines is 1. The van der Waals surface area contributed by atoms with Crippen LogP contribution in [0.4, 0.5) is 0 Å². The minimum absolute atomic E-state index is 0.148. The molecule has 3 heterocycles. The van der Waals surface area contributed by atoms with Crippen LogP contribution in [0.25, 0.3) is 0 Å². The lowest BCUT2D eigenvalue weighted by Crippen LogP contribution is -2.57. The minimum atomic E-state index is -4.82. The number of rotatable bonds is 6. The van der Waals surface area contributed by atoms with Gasteiger partial charge in [-0.2, -0.15) is 8.42 Å². The molecule has 4 aliphatic rings. The van der Waals surface area contributed by atoms with Gasteiger partial charge in [-0.1, -0.05) is 32.1 Å². The second-order valence-corrected chi connectivity index (χ2v) is 12.6. The molecule has 5 rings (SSSR count). The van der Waals surface area contributed by atoms with E-state index < -0.39 is 88.2 Å². The molecule has 12 nitrogen and oxygen atoms in total. The SMILES string of the molecule is CO[C@H]1C[C@H]2C=CC3C4[C@H](O)[C@@H](C)[C@@H](OC(=O)c5ccc[nH]5)[C@@H]3O[C@]42/C(C)=C/[C@@H](C)[C@@H]([C@@H](C)OS(=O)(=O)O)OC1=O. The summed E-state index contributed by atoms with van der Waals surface area (Å²) < 4.78 is 61.0. The summed E-state index contributed by atoms with van der Waals surface area (Å²) in [6.07, 6.45) is 1.96. The zero-order valence-electron chi connectivity index (χ0n) is 23.5. The van der Waals surface area contributed by atoms with Crippen LogP contribution >= 0.6 is 0 Å². The fourth-order valence-corrected chi connectivity index (χ4v) is 7.87. The number of carbonyl (C=O) groups excluding carboxylic acids is 2. The van der Waals surface area contributed by atoms with E-state index in [0.717, 1.165) is 5.57 Å². The molecule has 1 aromatic heterocycles. The summed E-state index contributed by atoms with van der Waals surface area (Å²) in [6, 6.07) is 3.30. The monoisotopic (exact) mass is 595 g/mol. The molecule has 2 fully saturated rings. The number of aliphatic hydroxyl groups excluding tert-OH is 1. The highest BCUT2D eigenvalue weighted by atomic mass is 32.3. The predicted molar refractivity (Wildman–Crippen MR) is 143 cm³/mol. The molecule has 41 heavy (non-hydrogen) atoms. The number of esters is 2. The fourth-order valence-electron chi connectivity index (χ4n) is 7.38. The normalized spacial score (nSPS) is 42.4. The molecule has 0 aromatic carbocycles. The Hall–Kier alpha value is -2.55. The minimum Gasteiger partial charge on any atom is -0.457 e. The summed E-state index contributed by atoms with van der Waals surface area (Å²) in [5.74, 6) is -3.41. The molecule has 4 bridgehead atoms. The molecular formula is C28H37NO11S. The summed E-state index contributed by atoms with van der Waals surface area (Å²) in [5.41, 5.74) is -0.0406. The Balaban J connectivity index is 1.56. The van der Waals surface area contributed by atoms with Crippen molar-refractivity contribution in [2.75, 3.05) is 7.11 Å². The molecule has 2 unspecified atom stereocenters. The van der Waals surface area contributed by atoms with Gasteiger partial charge in [0, 0.05) is 42.9 Å². The third-order valence-electron chi connectivity index (χ3n) is 9.20. The zero-order valence-corrected chi connectivity index (χ0v) is 24.3. The molecule has 12 atom stereocenters. The first-order valence-electron chi connectivity index (χ1n) is 13.7. The molecule has 226 valence electrons. The Morgan fingerprint density at radius 2 is 2.00 bits per heavy atom. The highest BCUT2D eigenvalue weighted by molar-refractivity contribution is 7.80. The summed E-state index contributed by atoms with van der Waals surface area (Å²) in [5, 5.41) is 11.8. The van der Waals surface area contributed by atoms with Gasteiger partial charge >= 0.3 is 22.3 Å². The van der Waals surface area contributed by atoms with Gasteiger partial charge in [0.1, 0.15) is 35.7 Å². The van der Waals surface area contributed by atoms with Gasteiger partial charge in [0.25, 0.3) is 0 Å². The molecule has 2 aliphatic carbocycles.